The third-order valence-corrected chi connectivity index (χ3v) is 6.53. The van der Waals surface area contributed by atoms with Crippen LogP contribution in [0.15, 0.2) is 60.7 Å². The molecule has 0 radical (unpaired) electrons. The number of nitrogens with zero attached hydrogens (tertiary/aromatic N) is 2. The van der Waals surface area contributed by atoms with Gasteiger partial charge in [0.2, 0.25) is 0 Å². The average Bonchev–Trinajstić information content (AvgIpc) is 3.19. The molecule has 0 aliphatic carbocycles. The van der Waals surface area contributed by atoms with Gasteiger partial charge in [-0.25, -0.2) is 0 Å². The Hall–Kier alpha value is -3.82. The van der Waals surface area contributed by atoms with Gasteiger partial charge in [-0.3, -0.25) is 14.5 Å². The zero-order valence-electron chi connectivity index (χ0n) is 21.1. The Kier molecular flexibility index (Phi) is 8.47. The highest BCUT2D eigenvalue weighted by Gasteiger charge is 2.47. The first-order valence-corrected chi connectivity index (χ1v) is 12.1. The maximum Gasteiger partial charge on any atom is 0.295 e. The number of Topliss-reactive ketones (excluding diaryl/α,β-unsaturated/α-hetero) is 1. The second kappa shape index (κ2) is 11.9. The summed E-state index contributed by atoms with van der Waals surface area (Å²) in [6.45, 7) is 7.57. The van der Waals surface area contributed by atoms with Crippen LogP contribution in [0.2, 0.25) is 0 Å². The molecule has 0 saturated carbocycles. The van der Waals surface area contributed by atoms with Crippen molar-refractivity contribution in [2.75, 3.05) is 60.2 Å². The molecule has 1 N–H and O–H groups in total. The van der Waals surface area contributed by atoms with Crippen molar-refractivity contribution >= 4 is 17.4 Å². The Balaban J connectivity index is 1.77. The number of likely N-dealkylation sites (tertiary alicyclic amines) is 1. The lowest BCUT2D eigenvalue weighted by Crippen LogP contribution is -2.42. The summed E-state index contributed by atoms with van der Waals surface area (Å²) in [5.41, 5.74) is 0.942. The quantitative estimate of drug-likeness (QED) is 0.226. The van der Waals surface area contributed by atoms with Crippen molar-refractivity contribution < 1.29 is 33.6 Å². The second-order valence-corrected chi connectivity index (χ2v) is 8.68. The van der Waals surface area contributed by atoms with Gasteiger partial charge in [0.25, 0.3) is 11.7 Å². The van der Waals surface area contributed by atoms with Gasteiger partial charge in [-0.1, -0.05) is 12.7 Å². The Bertz CT molecular complexity index is 1170. The van der Waals surface area contributed by atoms with Crippen LogP contribution < -0.4 is 14.2 Å². The molecule has 1 amide bonds. The molecule has 196 valence electrons. The number of aliphatic hydroxyl groups excluding tert-OH is 1. The van der Waals surface area contributed by atoms with Crippen molar-refractivity contribution in [3.8, 4) is 17.2 Å². The van der Waals surface area contributed by atoms with Gasteiger partial charge in [0, 0.05) is 37.3 Å². The van der Waals surface area contributed by atoms with E-state index in [0.29, 0.717) is 61.3 Å². The van der Waals surface area contributed by atoms with Crippen molar-refractivity contribution in [3.63, 3.8) is 0 Å². The standard InChI is InChI=1S/C28H32N2O7/c1-4-15-37-20-7-5-19(6-8-20)26(31)24-25(22-18-21(34-2)9-10-23(22)35-3)30(28(33)27(24)32)12-11-29-13-16-36-17-14-29/h4-10,18,25,31H,1,11-17H2,2-3H3/t25-/m1/s1. The van der Waals surface area contributed by atoms with Crippen LogP contribution in [-0.2, 0) is 14.3 Å². The lowest BCUT2D eigenvalue weighted by atomic mass is 9.94. The number of carbonyl (C=O) groups is 2. The minimum Gasteiger partial charge on any atom is -0.507 e. The minimum atomic E-state index is -0.859. The normalized spacial score (nSPS) is 19.6. The molecular formula is C28H32N2O7. The van der Waals surface area contributed by atoms with Gasteiger partial charge in [0.05, 0.1) is 39.0 Å². The van der Waals surface area contributed by atoms with Crippen LogP contribution in [0.1, 0.15) is 17.2 Å². The third-order valence-electron chi connectivity index (χ3n) is 6.53. The van der Waals surface area contributed by atoms with Gasteiger partial charge < -0.3 is 29.0 Å². The first kappa shape index (κ1) is 26.2. The van der Waals surface area contributed by atoms with Crippen LogP contribution in [0, 0.1) is 0 Å². The van der Waals surface area contributed by atoms with E-state index in [2.05, 4.69) is 11.5 Å². The first-order valence-electron chi connectivity index (χ1n) is 12.1. The van der Waals surface area contributed by atoms with Crippen molar-refractivity contribution in [2.45, 2.75) is 6.04 Å². The maximum atomic E-state index is 13.4. The number of morpholine rings is 1. The summed E-state index contributed by atoms with van der Waals surface area (Å²) in [4.78, 5) is 30.4. The summed E-state index contributed by atoms with van der Waals surface area (Å²) in [7, 11) is 3.06. The predicted octanol–water partition coefficient (Wildman–Crippen LogP) is 3.02. The van der Waals surface area contributed by atoms with E-state index in [4.69, 9.17) is 18.9 Å². The highest BCUT2D eigenvalue weighted by molar-refractivity contribution is 6.46. The number of hydrogen-bond donors (Lipinski definition) is 1. The number of ether oxygens (including phenoxy) is 4. The number of amides is 1. The van der Waals surface area contributed by atoms with Crippen LogP contribution >= 0.6 is 0 Å². The van der Waals surface area contributed by atoms with Gasteiger partial charge >= 0.3 is 0 Å². The fourth-order valence-electron chi connectivity index (χ4n) is 4.58. The zero-order chi connectivity index (χ0) is 26.4. The second-order valence-electron chi connectivity index (χ2n) is 8.68. The van der Waals surface area contributed by atoms with E-state index < -0.39 is 17.7 Å². The molecule has 2 saturated heterocycles. The fourth-order valence-corrected chi connectivity index (χ4v) is 4.58. The number of hydrogen-bond acceptors (Lipinski definition) is 8. The number of ketones is 1. The van der Waals surface area contributed by atoms with Crippen molar-refractivity contribution in [1.82, 2.24) is 9.80 Å². The fraction of sp³-hybridized carbons (Fsp3) is 0.357. The molecule has 37 heavy (non-hydrogen) atoms. The Morgan fingerprint density at radius 3 is 2.41 bits per heavy atom. The molecule has 9 nitrogen and oxygen atoms in total. The number of rotatable bonds is 10. The zero-order valence-corrected chi connectivity index (χ0v) is 21.1. The lowest BCUT2D eigenvalue weighted by Gasteiger charge is -2.31. The van der Waals surface area contributed by atoms with Gasteiger partial charge in [-0.15, -0.1) is 0 Å². The SMILES string of the molecule is C=CCOc1ccc(C(O)=C2C(=O)C(=O)N(CCN3CCOCC3)[C@@H]2c2cc(OC)ccc2OC)cc1. The van der Waals surface area contributed by atoms with Gasteiger partial charge in [0.15, 0.2) is 0 Å². The van der Waals surface area contributed by atoms with Crippen molar-refractivity contribution in [3.05, 3.63) is 71.8 Å². The topological polar surface area (TPSA) is 97.8 Å². The molecule has 2 fully saturated rings. The van der Waals surface area contributed by atoms with Crippen LogP contribution in [0.4, 0.5) is 0 Å². The lowest BCUT2D eigenvalue weighted by molar-refractivity contribution is -0.140. The molecule has 4 rings (SSSR count). The monoisotopic (exact) mass is 508 g/mol. The summed E-state index contributed by atoms with van der Waals surface area (Å²) in [5, 5.41) is 11.4. The highest BCUT2D eigenvalue weighted by atomic mass is 16.5. The number of methoxy groups -OCH3 is 2. The van der Waals surface area contributed by atoms with E-state index in [-0.39, 0.29) is 11.3 Å². The van der Waals surface area contributed by atoms with E-state index in [1.54, 1.807) is 48.5 Å². The van der Waals surface area contributed by atoms with Crippen LogP contribution in [0.25, 0.3) is 5.76 Å². The molecule has 2 heterocycles. The van der Waals surface area contributed by atoms with Gasteiger partial charge in [-0.05, 0) is 42.5 Å². The summed E-state index contributed by atoms with van der Waals surface area (Å²) in [5.74, 6) is -0.0795. The largest absolute Gasteiger partial charge is 0.507 e. The Labute approximate surface area is 216 Å². The average molecular weight is 509 g/mol. The molecule has 9 heteroatoms. The predicted molar refractivity (Wildman–Crippen MR) is 138 cm³/mol. The van der Waals surface area contributed by atoms with Crippen LogP contribution in [-0.4, -0.2) is 86.8 Å². The smallest absolute Gasteiger partial charge is 0.295 e. The van der Waals surface area contributed by atoms with Gasteiger partial charge in [-0.2, -0.15) is 0 Å². The first-order chi connectivity index (χ1) is 18.0. The molecule has 2 aromatic rings. The van der Waals surface area contributed by atoms with E-state index in [1.807, 2.05) is 0 Å². The number of benzene rings is 2. The Morgan fingerprint density at radius 1 is 1.05 bits per heavy atom. The molecule has 0 bridgehead atoms. The number of aliphatic hydroxyl groups is 1. The van der Waals surface area contributed by atoms with Crippen LogP contribution in [0.3, 0.4) is 0 Å². The number of carbonyl (C=O) groups excluding carboxylic acids is 2. The molecular weight excluding hydrogens is 476 g/mol. The van der Waals surface area contributed by atoms with E-state index in [1.165, 1.54) is 19.1 Å². The van der Waals surface area contributed by atoms with Crippen molar-refractivity contribution in [2.24, 2.45) is 0 Å². The van der Waals surface area contributed by atoms with Gasteiger partial charge in [0.1, 0.15) is 29.6 Å². The Morgan fingerprint density at radius 2 is 1.76 bits per heavy atom. The molecule has 0 unspecified atom stereocenters. The summed E-state index contributed by atoms with van der Waals surface area (Å²) in [6, 6.07) is 11.0. The molecule has 0 spiro atoms. The van der Waals surface area contributed by atoms with E-state index >= 15 is 0 Å². The van der Waals surface area contributed by atoms with E-state index in [0.717, 1.165) is 13.1 Å². The minimum absolute atomic E-state index is 0.00158. The van der Waals surface area contributed by atoms with E-state index in [9.17, 15) is 14.7 Å². The third kappa shape index (κ3) is 5.63. The molecule has 2 aliphatic heterocycles. The van der Waals surface area contributed by atoms with Crippen molar-refractivity contribution in [1.29, 1.82) is 0 Å². The summed E-state index contributed by atoms with van der Waals surface area (Å²) in [6.07, 6.45) is 1.63. The summed E-state index contributed by atoms with van der Waals surface area (Å²) >= 11 is 0. The molecule has 2 aromatic carbocycles. The molecule has 1 atom stereocenters. The molecule has 2 aliphatic rings. The van der Waals surface area contributed by atoms with Crippen LogP contribution in [0.5, 0.6) is 17.2 Å². The highest BCUT2D eigenvalue weighted by Crippen LogP contribution is 2.43. The maximum absolute atomic E-state index is 13.4. The summed E-state index contributed by atoms with van der Waals surface area (Å²) < 4.78 is 22.0. The molecule has 0 aromatic heterocycles.